The van der Waals surface area contributed by atoms with E-state index in [-0.39, 0.29) is 13.2 Å². The lowest BCUT2D eigenvalue weighted by molar-refractivity contribution is -0.145. The Morgan fingerprint density at radius 3 is 1.27 bits per heavy atom. The lowest BCUT2D eigenvalue weighted by Gasteiger charge is -2.09. The fourth-order valence-corrected chi connectivity index (χ4v) is 12.7. The van der Waals surface area contributed by atoms with Crippen molar-refractivity contribution in [2.75, 3.05) is 27.4 Å². The van der Waals surface area contributed by atoms with Crippen LogP contribution in [0.25, 0.3) is 50.8 Å². The number of nitrogens with zero attached hydrogens (tertiary/aromatic N) is 2. The molecule has 60 heavy (non-hydrogen) atoms. The number of carbonyl (C=O) groups is 2. The van der Waals surface area contributed by atoms with Crippen molar-refractivity contribution >= 4 is 77.5 Å². The molecule has 0 saturated heterocycles. The van der Waals surface area contributed by atoms with Gasteiger partial charge in [-0.25, -0.2) is 0 Å². The summed E-state index contributed by atoms with van der Waals surface area (Å²) in [4.78, 5) is 32.4. The minimum atomic E-state index is -1.12. The molecule has 2 atom stereocenters. The van der Waals surface area contributed by atoms with Crippen LogP contribution in [0.15, 0.2) is 60.7 Å². The number of nitriles is 2. The smallest absolute Gasteiger partial charge is 0.328 e. The molecular formula is C48H52N2O6S4. The molecule has 4 aromatic heterocycles. The molecular weight excluding hydrogens is 829 g/mol. The number of thiophene rings is 4. The first-order valence-electron chi connectivity index (χ1n) is 20.9. The van der Waals surface area contributed by atoms with Crippen molar-refractivity contribution in [3.05, 3.63) is 70.4 Å². The standard InChI is InChI=1S/C48H52N2O6S4/c1-5-7-9-11-13-15-25-55-47(51)37(29-49)41-35-27-39(31-17-21-33(53-3)22-18-31)57-43(35)45(59-41)46-44-36(28-40(58-44)32-19-23-34(54-4)24-20-32)42(60-46)38(30-50)48(52)56-26-16-14-12-10-8-6-2/h17-24,27-28,37-38H,5-16,25-26H2,1-4H3. The Morgan fingerprint density at radius 1 is 0.550 bits per heavy atom. The summed E-state index contributed by atoms with van der Waals surface area (Å²) in [7, 11) is 3.27. The van der Waals surface area contributed by atoms with Gasteiger partial charge < -0.3 is 18.9 Å². The first-order valence-corrected chi connectivity index (χ1v) is 24.2. The minimum Gasteiger partial charge on any atom is -0.497 e. The number of benzene rings is 2. The van der Waals surface area contributed by atoms with E-state index in [9.17, 15) is 20.1 Å². The van der Waals surface area contributed by atoms with Crippen molar-refractivity contribution in [1.29, 1.82) is 10.5 Å². The second-order valence-corrected chi connectivity index (χ2v) is 19.0. The first kappa shape index (κ1) is 44.8. The maximum absolute atomic E-state index is 13.7. The Morgan fingerprint density at radius 2 is 0.917 bits per heavy atom. The molecule has 0 bridgehead atoms. The molecule has 2 unspecified atom stereocenters. The quantitative estimate of drug-likeness (QED) is 0.0461. The molecule has 0 aliphatic heterocycles. The van der Waals surface area contributed by atoms with Crippen LogP contribution >= 0.6 is 45.3 Å². The van der Waals surface area contributed by atoms with Crippen molar-refractivity contribution in [3.63, 3.8) is 0 Å². The zero-order chi connectivity index (χ0) is 42.4. The Labute approximate surface area is 369 Å². The molecule has 6 aromatic rings. The molecule has 0 amide bonds. The summed E-state index contributed by atoms with van der Waals surface area (Å²) in [5, 5.41) is 22.8. The average Bonchev–Trinajstić information content (AvgIpc) is 4.06. The summed E-state index contributed by atoms with van der Waals surface area (Å²) >= 11 is 6.01. The Kier molecular flexibility index (Phi) is 16.6. The van der Waals surface area contributed by atoms with Crippen LogP contribution in [0.5, 0.6) is 11.5 Å². The van der Waals surface area contributed by atoms with Gasteiger partial charge in [-0.05, 0) is 84.6 Å². The Bertz CT molecular complexity index is 2260. The van der Waals surface area contributed by atoms with Gasteiger partial charge in [-0.1, -0.05) is 78.1 Å². The highest BCUT2D eigenvalue weighted by atomic mass is 32.1. The van der Waals surface area contributed by atoms with Gasteiger partial charge in [-0.15, -0.1) is 45.3 Å². The second kappa shape index (κ2) is 22.2. The fraction of sp³-hybridized carbons (Fsp3) is 0.417. The Hall–Kier alpha value is -4.72. The highest BCUT2D eigenvalue weighted by molar-refractivity contribution is 7.33. The van der Waals surface area contributed by atoms with Crippen molar-refractivity contribution in [2.24, 2.45) is 0 Å². The number of hydrogen-bond donors (Lipinski definition) is 0. The summed E-state index contributed by atoms with van der Waals surface area (Å²) < 4.78 is 24.2. The zero-order valence-corrected chi connectivity index (χ0v) is 38.1. The second-order valence-electron chi connectivity index (χ2n) is 14.7. The zero-order valence-electron chi connectivity index (χ0n) is 34.8. The molecule has 0 fully saturated rings. The summed E-state index contributed by atoms with van der Waals surface area (Å²) in [5.74, 6) is -1.86. The third-order valence-electron chi connectivity index (χ3n) is 10.5. The predicted octanol–water partition coefficient (Wildman–Crippen LogP) is 14.3. The third-order valence-corrected chi connectivity index (χ3v) is 15.9. The number of fused-ring (bicyclic) bond motifs is 2. The molecule has 4 heterocycles. The topological polar surface area (TPSA) is 119 Å². The number of hydrogen-bond acceptors (Lipinski definition) is 12. The Balaban J connectivity index is 1.43. The number of methoxy groups -OCH3 is 2. The minimum absolute atomic E-state index is 0.272. The van der Waals surface area contributed by atoms with Gasteiger partial charge in [0.1, 0.15) is 11.5 Å². The van der Waals surface area contributed by atoms with E-state index in [1.54, 1.807) is 36.9 Å². The van der Waals surface area contributed by atoms with Crippen LogP contribution < -0.4 is 9.47 Å². The van der Waals surface area contributed by atoms with Crippen LogP contribution in [0.3, 0.4) is 0 Å². The van der Waals surface area contributed by atoms with Gasteiger partial charge in [0.25, 0.3) is 0 Å². The summed E-state index contributed by atoms with van der Waals surface area (Å²) in [6.07, 6.45) is 12.7. The van der Waals surface area contributed by atoms with E-state index in [0.29, 0.717) is 9.75 Å². The van der Waals surface area contributed by atoms with Crippen molar-refractivity contribution in [3.8, 4) is 54.3 Å². The average molecular weight is 881 g/mol. The molecule has 0 aliphatic carbocycles. The highest BCUT2D eigenvalue weighted by Crippen LogP contribution is 2.55. The number of ether oxygens (including phenoxy) is 4. The summed E-state index contributed by atoms with van der Waals surface area (Å²) in [5.41, 5.74) is 1.95. The van der Waals surface area contributed by atoms with E-state index < -0.39 is 23.8 Å². The van der Waals surface area contributed by atoms with Crippen LogP contribution in [0.1, 0.15) is 112 Å². The molecule has 6 rings (SSSR count). The van der Waals surface area contributed by atoms with Crippen LogP contribution in [0.4, 0.5) is 0 Å². The van der Waals surface area contributed by atoms with E-state index in [1.165, 1.54) is 35.5 Å². The maximum atomic E-state index is 13.7. The van der Waals surface area contributed by atoms with Crippen LogP contribution in [-0.4, -0.2) is 39.4 Å². The molecule has 0 saturated carbocycles. The lowest BCUT2D eigenvalue weighted by atomic mass is 10.1. The third kappa shape index (κ3) is 10.6. The number of unbranched alkanes of at least 4 members (excludes halogenated alkanes) is 10. The van der Waals surface area contributed by atoms with Gasteiger partial charge in [0.15, 0.2) is 11.8 Å². The highest BCUT2D eigenvalue weighted by Gasteiger charge is 2.33. The van der Waals surface area contributed by atoms with Gasteiger partial charge in [-0.2, -0.15) is 10.5 Å². The predicted molar refractivity (Wildman–Crippen MR) is 248 cm³/mol. The summed E-state index contributed by atoms with van der Waals surface area (Å²) in [6.45, 7) is 4.91. The van der Waals surface area contributed by atoms with Gasteiger partial charge in [0.05, 0.1) is 58.7 Å². The number of carbonyl (C=O) groups excluding carboxylic acids is 2. The number of esters is 2. The molecule has 314 valence electrons. The van der Waals surface area contributed by atoms with E-state index >= 15 is 0 Å². The van der Waals surface area contributed by atoms with Gasteiger partial charge in [0, 0.05) is 30.3 Å². The van der Waals surface area contributed by atoms with E-state index in [1.807, 2.05) is 48.5 Å². The van der Waals surface area contributed by atoms with Crippen LogP contribution in [0.2, 0.25) is 0 Å². The molecule has 0 radical (unpaired) electrons. The van der Waals surface area contributed by atoms with Crippen molar-refractivity contribution in [2.45, 2.75) is 103 Å². The van der Waals surface area contributed by atoms with E-state index in [0.717, 1.165) is 127 Å². The lowest BCUT2D eigenvalue weighted by Crippen LogP contribution is -2.14. The van der Waals surface area contributed by atoms with Gasteiger partial charge in [0.2, 0.25) is 0 Å². The SMILES string of the molecule is CCCCCCCCOC(=O)C(C#N)c1sc(-c2sc(C(C#N)C(=O)OCCCCCCCC)c3cc(-c4ccc(OC)cc4)sc23)c2sc(-c3ccc(OC)cc3)cc12. The molecule has 0 aliphatic rings. The normalized spacial score (nSPS) is 12.2. The van der Waals surface area contributed by atoms with Crippen molar-refractivity contribution < 1.29 is 28.5 Å². The molecule has 8 nitrogen and oxygen atoms in total. The molecule has 12 heteroatoms. The molecule has 0 N–H and O–H groups in total. The number of rotatable bonds is 23. The van der Waals surface area contributed by atoms with Crippen LogP contribution in [-0.2, 0) is 19.1 Å². The van der Waals surface area contributed by atoms with E-state index in [2.05, 4.69) is 38.1 Å². The summed E-state index contributed by atoms with van der Waals surface area (Å²) in [6, 6.07) is 24.3. The molecule has 0 spiro atoms. The molecule has 2 aromatic carbocycles. The monoisotopic (exact) mass is 880 g/mol. The van der Waals surface area contributed by atoms with Crippen LogP contribution in [0, 0.1) is 22.7 Å². The fourth-order valence-electron chi connectivity index (χ4n) is 7.14. The van der Waals surface area contributed by atoms with Gasteiger partial charge >= 0.3 is 11.9 Å². The van der Waals surface area contributed by atoms with E-state index in [4.69, 9.17) is 18.9 Å². The van der Waals surface area contributed by atoms with Crippen molar-refractivity contribution in [1.82, 2.24) is 0 Å². The van der Waals surface area contributed by atoms with Gasteiger partial charge in [-0.3, -0.25) is 9.59 Å². The largest absolute Gasteiger partial charge is 0.497 e. The first-order chi connectivity index (χ1) is 29.3. The maximum Gasteiger partial charge on any atom is 0.328 e.